The molecule has 0 aromatic heterocycles. The number of halogens is 1. The maximum atomic E-state index is 12.7. The lowest BCUT2D eigenvalue weighted by Crippen LogP contribution is -2.40. The van der Waals surface area contributed by atoms with Crippen LogP contribution in [-0.4, -0.2) is 46.0 Å². The predicted molar refractivity (Wildman–Crippen MR) is 81.5 cm³/mol. The van der Waals surface area contributed by atoms with Crippen LogP contribution in [0.2, 0.25) is 0 Å². The molecule has 1 aromatic carbocycles. The minimum absolute atomic E-state index is 0.0332. The van der Waals surface area contributed by atoms with E-state index in [2.05, 4.69) is 21.2 Å². The summed E-state index contributed by atoms with van der Waals surface area (Å²) >= 11 is 3.33. The van der Waals surface area contributed by atoms with Gasteiger partial charge in [-0.25, -0.2) is 8.42 Å². The van der Waals surface area contributed by atoms with Gasteiger partial charge in [0, 0.05) is 19.1 Å². The fraction of sp³-hybridized carbons (Fsp3) is 0.538. The lowest BCUT2D eigenvalue weighted by atomic mass is 10.2. The summed E-state index contributed by atoms with van der Waals surface area (Å²) in [7, 11) is -0.0561. The van der Waals surface area contributed by atoms with Crippen molar-refractivity contribution >= 4 is 26.0 Å². The summed E-state index contributed by atoms with van der Waals surface area (Å²) < 4.78 is 32.8. The lowest BCUT2D eigenvalue weighted by Gasteiger charge is -2.24. The van der Waals surface area contributed by atoms with Crippen molar-refractivity contribution in [2.24, 2.45) is 0 Å². The summed E-state index contributed by atoms with van der Waals surface area (Å²) in [6.07, 6.45) is 1.81. The van der Waals surface area contributed by atoms with Gasteiger partial charge in [0.2, 0.25) is 10.0 Å². The molecule has 0 unspecified atom stereocenters. The van der Waals surface area contributed by atoms with E-state index in [4.69, 9.17) is 4.74 Å². The summed E-state index contributed by atoms with van der Waals surface area (Å²) in [6, 6.07) is 4.89. The molecular formula is C13H19BrN2O3S. The first-order chi connectivity index (χ1) is 9.50. The Kier molecular flexibility index (Phi) is 5.06. The number of methoxy groups -OCH3 is 1. The Bertz CT molecular complexity index is 577. The number of likely N-dealkylation sites (N-methyl/N-ethyl adjacent to an activating group) is 1. The molecule has 112 valence electrons. The van der Waals surface area contributed by atoms with Crippen LogP contribution in [0.5, 0.6) is 5.75 Å². The van der Waals surface area contributed by atoms with Gasteiger partial charge in [-0.05, 0) is 54.0 Å². The average molecular weight is 363 g/mol. The first-order valence-electron chi connectivity index (χ1n) is 6.50. The van der Waals surface area contributed by atoms with Crippen molar-refractivity contribution in [3.05, 3.63) is 22.7 Å². The fourth-order valence-corrected chi connectivity index (χ4v) is 4.92. The number of hydrogen-bond acceptors (Lipinski definition) is 4. The number of rotatable bonds is 5. The van der Waals surface area contributed by atoms with Gasteiger partial charge in [-0.2, -0.15) is 4.31 Å². The molecule has 1 heterocycles. The van der Waals surface area contributed by atoms with Crippen LogP contribution in [0.3, 0.4) is 0 Å². The summed E-state index contributed by atoms with van der Waals surface area (Å²) in [5.41, 5.74) is 0. The second kappa shape index (κ2) is 6.43. The van der Waals surface area contributed by atoms with Gasteiger partial charge in [-0.15, -0.1) is 0 Å². The molecule has 20 heavy (non-hydrogen) atoms. The number of ether oxygens (including phenoxy) is 1. The molecule has 7 heteroatoms. The molecule has 2 rings (SSSR count). The molecule has 1 aliphatic rings. The number of sulfonamides is 1. The number of hydrogen-bond donors (Lipinski definition) is 1. The molecule has 0 spiro atoms. The van der Waals surface area contributed by atoms with Crippen LogP contribution >= 0.6 is 15.9 Å². The Balaban J connectivity index is 2.32. The Morgan fingerprint density at radius 1 is 1.50 bits per heavy atom. The zero-order valence-corrected chi connectivity index (χ0v) is 14.0. The van der Waals surface area contributed by atoms with E-state index >= 15 is 0 Å². The Morgan fingerprint density at radius 3 is 2.85 bits per heavy atom. The fourth-order valence-electron chi connectivity index (χ4n) is 2.51. The zero-order valence-electron chi connectivity index (χ0n) is 11.6. The molecule has 0 saturated carbocycles. The van der Waals surface area contributed by atoms with E-state index in [1.54, 1.807) is 29.6 Å². The van der Waals surface area contributed by atoms with Crippen molar-refractivity contribution in [1.82, 2.24) is 9.62 Å². The lowest BCUT2D eigenvalue weighted by molar-refractivity contribution is 0.379. The van der Waals surface area contributed by atoms with Crippen LogP contribution in [0.4, 0.5) is 0 Å². The van der Waals surface area contributed by atoms with Gasteiger partial charge in [0.15, 0.2) is 0 Å². The summed E-state index contributed by atoms with van der Waals surface area (Å²) in [5, 5.41) is 3.06. The van der Waals surface area contributed by atoms with E-state index in [-0.39, 0.29) is 6.04 Å². The number of nitrogens with one attached hydrogen (secondary N) is 1. The van der Waals surface area contributed by atoms with E-state index in [1.165, 1.54) is 0 Å². The van der Waals surface area contributed by atoms with E-state index in [9.17, 15) is 8.42 Å². The van der Waals surface area contributed by atoms with Crippen molar-refractivity contribution in [3.63, 3.8) is 0 Å². The number of nitrogens with zero attached hydrogens (tertiary/aromatic N) is 1. The van der Waals surface area contributed by atoms with Crippen LogP contribution in [0.25, 0.3) is 0 Å². The van der Waals surface area contributed by atoms with Gasteiger partial charge in [0.1, 0.15) is 5.75 Å². The smallest absolute Gasteiger partial charge is 0.243 e. The third-order valence-electron chi connectivity index (χ3n) is 3.49. The standard InChI is InChI=1S/C13H19BrN2O3S/c1-15-9-10-4-3-7-16(10)20(17,18)11-5-6-13(19-2)12(14)8-11/h5-6,8,10,15H,3-4,7,9H2,1-2H3/t10-/m0/s1. The summed E-state index contributed by atoms with van der Waals surface area (Å²) in [4.78, 5) is 0.299. The van der Waals surface area contributed by atoms with Crippen molar-refractivity contribution in [1.29, 1.82) is 0 Å². The van der Waals surface area contributed by atoms with E-state index in [1.807, 2.05) is 7.05 Å². The second-order valence-corrected chi connectivity index (χ2v) is 7.51. The van der Waals surface area contributed by atoms with Gasteiger partial charge >= 0.3 is 0 Å². The molecule has 0 radical (unpaired) electrons. The molecule has 1 N–H and O–H groups in total. The third kappa shape index (κ3) is 3.00. The third-order valence-corrected chi connectivity index (χ3v) is 6.06. The van der Waals surface area contributed by atoms with Gasteiger partial charge in [0.05, 0.1) is 16.5 Å². The Labute approximate surface area is 128 Å². The normalized spacial score (nSPS) is 20.2. The predicted octanol–water partition coefficient (Wildman–Crippen LogP) is 1.83. The SMILES string of the molecule is CNC[C@@H]1CCCN1S(=O)(=O)c1ccc(OC)c(Br)c1. The molecule has 5 nitrogen and oxygen atoms in total. The highest BCUT2D eigenvalue weighted by atomic mass is 79.9. The molecule has 1 saturated heterocycles. The Morgan fingerprint density at radius 2 is 2.25 bits per heavy atom. The Hall–Kier alpha value is -0.630. The maximum absolute atomic E-state index is 12.7. The maximum Gasteiger partial charge on any atom is 0.243 e. The molecule has 0 amide bonds. The molecule has 0 aliphatic carbocycles. The highest BCUT2D eigenvalue weighted by molar-refractivity contribution is 9.10. The van der Waals surface area contributed by atoms with Crippen molar-refractivity contribution in [3.8, 4) is 5.75 Å². The second-order valence-electron chi connectivity index (χ2n) is 4.77. The molecule has 0 bridgehead atoms. The van der Waals surface area contributed by atoms with Crippen LogP contribution < -0.4 is 10.1 Å². The van der Waals surface area contributed by atoms with Crippen molar-refractivity contribution in [2.75, 3.05) is 27.2 Å². The molecule has 1 aromatic rings. The van der Waals surface area contributed by atoms with E-state index < -0.39 is 10.0 Å². The number of benzene rings is 1. The van der Waals surface area contributed by atoms with Crippen molar-refractivity contribution in [2.45, 2.75) is 23.8 Å². The van der Waals surface area contributed by atoms with E-state index in [0.29, 0.717) is 28.2 Å². The van der Waals surface area contributed by atoms with Gasteiger partial charge in [0.25, 0.3) is 0 Å². The van der Waals surface area contributed by atoms with Crippen LogP contribution in [-0.2, 0) is 10.0 Å². The summed E-state index contributed by atoms with van der Waals surface area (Å²) in [6.45, 7) is 1.26. The van der Waals surface area contributed by atoms with Gasteiger partial charge < -0.3 is 10.1 Å². The average Bonchev–Trinajstić information content (AvgIpc) is 2.88. The van der Waals surface area contributed by atoms with Crippen molar-refractivity contribution < 1.29 is 13.2 Å². The highest BCUT2D eigenvalue weighted by Gasteiger charge is 2.34. The quantitative estimate of drug-likeness (QED) is 0.867. The zero-order chi connectivity index (χ0) is 14.8. The van der Waals surface area contributed by atoms with Crippen LogP contribution in [0.1, 0.15) is 12.8 Å². The minimum atomic E-state index is -3.45. The monoisotopic (exact) mass is 362 g/mol. The summed E-state index contributed by atoms with van der Waals surface area (Å²) in [5.74, 6) is 0.622. The minimum Gasteiger partial charge on any atom is -0.496 e. The molecular weight excluding hydrogens is 344 g/mol. The van der Waals surface area contributed by atoms with Gasteiger partial charge in [-0.1, -0.05) is 0 Å². The largest absolute Gasteiger partial charge is 0.496 e. The first kappa shape index (κ1) is 15.8. The first-order valence-corrected chi connectivity index (χ1v) is 8.74. The molecule has 1 aliphatic heterocycles. The highest BCUT2D eigenvalue weighted by Crippen LogP contribution is 2.31. The van der Waals surface area contributed by atoms with E-state index in [0.717, 1.165) is 12.8 Å². The van der Waals surface area contributed by atoms with Gasteiger partial charge in [-0.3, -0.25) is 0 Å². The van der Waals surface area contributed by atoms with Crippen LogP contribution in [0, 0.1) is 0 Å². The van der Waals surface area contributed by atoms with Crippen LogP contribution in [0.15, 0.2) is 27.6 Å². The molecule has 1 fully saturated rings. The topological polar surface area (TPSA) is 58.6 Å². The molecule has 1 atom stereocenters.